The molecule has 2 rings (SSSR count). The van der Waals surface area contributed by atoms with E-state index in [1.54, 1.807) is 7.05 Å². The van der Waals surface area contributed by atoms with Crippen LogP contribution in [0.3, 0.4) is 0 Å². The van der Waals surface area contributed by atoms with Gasteiger partial charge in [-0.15, -0.1) is 0 Å². The number of allylic oxidation sites excluding steroid dienone is 2. The molecule has 0 bridgehead atoms. The summed E-state index contributed by atoms with van der Waals surface area (Å²) in [7, 11) is 1.67. The van der Waals surface area contributed by atoms with Crippen LogP contribution >= 0.6 is 0 Å². The number of hydrogen-bond acceptors (Lipinski definition) is 2. The first-order valence-corrected chi connectivity index (χ1v) is 4.82. The van der Waals surface area contributed by atoms with Crippen LogP contribution in [0.2, 0.25) is 0 Å². The fourth-order valence-corrected chi connectivity index (χ4v) is 2.13. The van der Waals surface area contributed by atoms with E-state index in [2.05, 4.69) is 12.2 Å². The molecule has 76 valence electrons. The molecule has 0 amide bonds. The van der Waals surface area contributed by atoms with E-state index in [9.17, 15) is 10.2 Å². The average Bonchev–Trinajstić information content (AvgIpc) is 2.38. The van der Waals surface area contributed by atoms with Gasteiger partial charge < -0.3 is 10.2 Å². The van der Waals surface area contributed by atoms with Crippen LogP contribution < -0.4 is 0 Å². The van der Waals surface area contributed by atoms with Gasteiger partial charge in [0.15, 0.2) is 11.8 Å². The van der Waals surface area contributed by atoms with E-state index in [4.69, 9.17) is 0 Å². The molecule has 3 heteroatoms. The molecule has 0 fully saturated rings. The fraction of sp³-hybridized carbons (Fsp3) is 0.455. The van der Waals surface area contributed by atoms with Crippen LogP contribution in [0.1, 0.15) is 36.8 Å². The van der Waals surface area contributed by atoms with Crippen molar-refractivity contribution in [2.45, 2.75) is 25.7 Å². The molecule has 1 aromatic rings. The number of nitrogens with zero attached hydrogens (tertiary/aromatic N) is 1. The predicted molar refractivity (Wildman–Crippen MR) is 54.7 cm³/mol. The third-order valence-corrected chi connectivity index (χ3v) is 3.01. The molecular formula is C11H15NO2. The van der Waals surface area contributed by atoms with Gasteiger partial charge in [-0.1, -0.05) is 26.0 Å². The molecule has 1 heterocycles. The summed E-state index contributed by atoms with van der Waals surface area (Å²) in [4.78, 5) is 0. The van der Waals surface area contributed by atoms with Gasteiger partial charge in [0.05, 0.1) is 0 Å². The number of aromatic hydroxyl groups is 2. The molecule has 0 saturated carbocycles. The average molecular weight is 193 g/mol. The van der Waals surface area contributed by atoms with Gasteiger partial charge in [0.1, 0.15) is 0 Å². The highest BCUT2D eigenvalue weighted by Crippen LogP contribution is 2.45. The van der Waals surface area contributed by atoms with Crippen LogP contribution in [0.15, 0.2) is 12.2 Å². The lowest BCUT2D eigenvalue weighted by Crippen LogP contribution is -2.02. The van der Waals surface area contributed by atoms with Crippen molar-refractivity contribution in [3.8, 4) is 11.8 Å². The summed E-state index contributed by atoms with van der Waals surface area (Å²) in [6.45, 7) is 4.03. The maximum absolute atomic E-state index is 9.82. The summed E-state index contributed by atoms with van der Waals surface area (Å²) in [5.41, 5.74) is 1.72. The second-order valence-corrected chi connectivity index (χ2v) is 4.00. The van der Waals surface area contributed by atoms with Crippen LogP contribution in [0.5, 0.6) is 11.8 Å². The zero-order chi connectivity index (χ0) is 10.5. The lowest BCUT2D eigenvalue weighted by atomic mass is 9.86. The minimum atomic E-state index is 0.174. The summed E-state index contributed by atoms with van der Waals surface area (Å²) in [5.74, 6) is 0.712. The monoisotopic (exact) mass is 193 g/mol. The van der Waals surface area contributed by atoms with Gasteiger partial charge in [0, 0.05) is 30.0 Å². The highest BCUT2D eigenvalue weighted by molar-refractivity contribution is 5.53. The van der Waals surface area contributed by atoms with Crippen LogP contribution in [-0.4, -0.2) is 14.8 Å². The molecule has 1 aromatic heterocycles. The van der Waals surface area contributed by atoms with Crippen molar-refractivity contribution in [2.24, 2.45) is 7.05 Å². The van der Waals surface area contributed by atoms with E-state index < -0.39 is 0 Å². The van der Waals surface area contributed by atoms with Crippen molar-refractivity contribution >= 4 is 0 Å². The molecule has 2 unspecified atom stereocenters. The molecule has 1 aliphatic carbocycles. The van der Waals surface area contributed by atoms with Gasteiger partial charge in [0.2, 0.25) is 0 Å². The Balaban J connectivity index is 2.71. The lowest BCUT2D eigenvalue weighted by molar-refractivity contribution is 0.383. The van der Waals surface area contributed by atoms with E-state index in [-0.39, 0.29) is 23.6 Å². The summed E-state index contributed by atoms with van der Waals surface area (Å²) >= 11 is 0. The minimum Gasteiger partial charge on any atom is -0.494 e. The molecule has 3 nitrogen and oxygen atoms in total. The third-order valence-electron chi connectivity index (χ3n) is 3.01. The molecule has 2 atom stereocenters. The molecule has 0 spiro atoms. The van der Waals surface area contributed by atoms with Crippen molar-refractivity contribution in [1.29, 1.82) is 0 Å². The smallest absolute Gasteiger partial charge is 0.197 e. The standard InChI is InChI=1S/C11H15NO2/c1-6-4-5-7(2)9-8(6)10(13)12(3)11(9)14/h4-7,13-14H,1-3H3. The van der Waals surface area contributed by atoms with Crippen molar-refractivity contribution in [3.05, 3.63) is 23.3 Å². The summed E-state index contributed by atoms with van der Waals surface area (Å²) in [6.07, 6.45) is 4.12. The Morgan fingerprint density at radius 2 is 1.36 bits per heavy atom. The third kappa shape index (κ3) is 0.983. The van der Waals surface area contributed by atoms with Crippen LogP contribution in [-0.2, 0) is 7.05 Å². The maximum Gasteiger partial charge on any atom is 0.197 e. The topological polar surface area (TPSA) is 45.4 Å². The molecule has 0 radical (unpaired) electrons. The van der Waals surface area contributed by atoms with Gasteiger partial charge in [-0.2, -0.15) is 0 Å². The maximum atomic E-state index is 9.82. The van der Waals surface area contributed by atoms with Crippen LogP contribution in [0, 0.1) is 0 Å². The lowest BCUT2D eigenvalue weighted by Gasteiger charge is -2.17. The van der Waals surface area contributed by atoms with E-state index >= 15 is 0 Å². The molecule has 0 aromatic carbocycles. The normalized spacial score (nSPS) is 25.1. The second kappa shape index (κ2) is 2.80. The molecular weight excluding hydrogens is 178 g/mol. The molecule has 1 aliphatic rings. The quantitative estimate of drug-likeness (QED) is 0.620. The van der Waals surface area contributed by atoms with Gasteiger partial charge in [-0.25, -0.2) is 0 Å². The first-order chi connectivity index (χ1) is 6.54. The number of hydrogen-bond donors (Lipinski definition) is 2. The van der Waals surface area contributed by atoms with Crippen molar-refractivity contribution < 1.29 is 10.2 Å². The van der Waals surface area contributed by atoms with Gasteiger partial charge in [-0.3, -0.25) is 4.57 Å². The van der Waals surface area contributed by atoms with Crippen LogP contribution in [0.25, 0.3) is 0 Å². The molecule has 2 N–H and O–H groups in total. The Morgan fingerprint density at radius 3 is 1.71 bits per heavy atom. The van der Waals surface area contributed by atoms with Crippen molar-refractivity contribution in [3.63, 3.8) is 0 Å². The first-order valence-electron chi connectivity index (χ1n) is 4.82. The number of fused-ring (bicyclic) bond motifs is 1. The molecule has 14 heavy (non-hydrogen) atoms. The summed E-state index contributed by atoms with van der Waals surface area (Å²) in [6, 6.07) is 0. The Kier molecular flexibility index (Phi) is 1.84. The minimum absolute atomic E-state index is 0.174. The Hall–Kier alpha value is -1.38. The van der Waals surface area contributed by atoms with Gasteiger partial charge in [0.25, 0.3) is 0 Å². The largest absolute Gasteiger partial charge is 0.494 e. The molecule has 0 aliphatic heterocycles. The summed E-state index contributed by atoms with van der Waals surface area (Å²) < 4.78 is 1.44. The zero-order valence-electron chi connectivity index (χ0n) is 8.65. The SMILES string of the molecule is CC1C=CC(C)c2c1c(O)n(C)c2O. The van der Waals surface area contributed by atoms with E-state index in [1.165, 1.54) is 4.57 Å². The van der Waals surface area contributed by atoms with Crippen molar-refractivity contribution in [2.75, 3.05) is 0 Å². The predicted octanol–water partition coefficient (Wildman–Crippen LogP) is 2.21. The number of aromatic nitrogens is 1. The Morgan fingerprint density at radius 1 is 1.00 bits per heavy atom. The van der Waals surface area contributed by atoms with E-state index in [0.29, 0.717) is 0 Å². The van der Waals surface area contributed by atoms with Crippen LogP contribution in [0.4, 0.5) is 0 Å². The van der Waals surface area contributed by atoms with Gasteiger partial charge >= 0.3 is 0 Å². The van der Waals surface area contributed by atoms with E-state index in [1.807, 2.05) is 13.8 Å². The molecule has 0 saturated heterocycles. The number of rotatable bonds is 0. The Bertz CT molecular complexity index is 368. The second-order valence-electron chi connectivity index (χ2n) is 4.00. The van der Waals surface area contributed by atoms with Crippen molar-refractivity contribution in [1.82, 2.24) is 4.57 Å². The Labute approximate surface area is 83.3 Å². The fourth-order valence-electron chi connectivity index (χ4n) is 2.13. The summed E-state index contributed by atoms with van der Waals surface area (Å²) in [5, 5.41) is 19.6. The first kappa shape index (κ1) is 9.19. The highest BCUT2D eigenvalue weighted by atomic mass is 16.3. The van der Waals surface area contributed by atoms with Gasteiger partial charge in [-0.05, 0) is 0 Å². The zero-order valence-corrected chi connectivity index (χ0v) is 8.65. The van der Waals surface area contributed by atoms with E-state index in [0.717, 1.165) is 11.1 Å². The highest BCUT2D eigenvalue weighted by Gasteiger charge is 2.28.